The second-order valence-corrected chi connectivity index (χ2v) is 7.23. The largest absolute Gasteiger partial charge is 0.266 e. The van der Waals surface area contributed by atoms with E-state index in [0.29, 0.717) is 25.9 Å². The van der Waals surface area contributed by atoms with Crippen LogP contribution in [0.15, 0.2) is 17.3 Å². The summed E-state index contributed by atoms with van der Waals surface area (Å²) in [7, 11) is -3.49. The Morgan fingerprint density at radius 3 is 2.67 bits per heavy atom. The summed E-state index contributed by atoms with van der Waals surface area (Å²) < 4.78 is 25.4. The van der Waals surface area contributed by atoms with E-state index in [1.807, 2.05) is 6.26 Å². The maximum absolute atomic E-state index is 12.2. The van der Waals surface area contributed by atoms with Crippen LogP contribution in [-0.2, 0) is 10.0 Å². The molecule has 0 radical (unpaired) electrons. The molecule has 1 aromatic heterocycles. The first-order valence-corrected chi connectivity index (χ1v) is 8.16. The molecule has 2 heterocycles. The highest BCUT2D eigenvalue weighted by Crippen LogP contribution is 2.35. The van der Waals surface area contributed by atoms with Crippen LogP contribution in [-0.4, -0.2) is 47.0 Å². The van der Waals surface area contributed by atoms with Gasteiger partial charge in [0.25, 0.3) is 10.0 Å². The predicted octanol–water partition coefficient (Wildman–Crippen LogP) is 0.820. The highest BCUT2D eigenvalue weighted by molar-refractivity contribution is 8.00. The first-order valence-electron chi connectivity index (χ1n) is 5.50. The first kappa shape index (κ1) is 13.4. The van der Waals surface area contributed by atoms with Gasteiger partial charge in [-0.1, -0.05) is 0 Å². The highest BCUT2D eigenvalue weighted by atomic mass is 32.2. The summed E-state index contributed by atoms with van der Waals surface area (Å²) in [6, 6.07) is 3.74. The van der Waals surface area contributed by atoms with Crippen molar-refractivity contribution in [3.63, 3.8) is 0 Å². The van der Waals surface area contributed by atoms with Gasteiger partial charge in [-0.25, -0.2) is 8.42 Å². The van der Waals surface area contributed by atoms with E-state index < -0.39 is 14.8 Å². The monoisotopic (exact) mass is 286 g/mol. The molecular formula is C10H14N4O2S2. The maximum Gasteiger partial charge on any atom is 0.259 e. The van der Waals surface area contributed by atoms with Crippen molar-refractivity contribution in [2.45, 2.75) is 22.6 Å². The zero-order valence-electron chi connectivity index (χ0n) is 9.96. The Kier molecular flexibility index (Phi) is 3.66. The SMILES string of the molecule is CSC1(C#N)CCN(S(=O)(=O)c2ccn[nH]2)CC1. The number of hydrogen-bond donors (Lipinski definition) is 1. The second kappa shape index (κ2) is 4.91. The van der Waals surface area contributed by atoms with Crippen LogP contribution in [0.5, 0.6) is 0 Å². The van der Waals surface area contributed by atoms with Crippen LogP contribution in [0.2, 0.25) is 0 Å². The number of piperidine rings is 1. The predicted molar refractivity (Wildman–Crippen MR) is 68.4 cm³/mol. The third kappa shape index (κ3) is 2.25. The fourth-order valence-electron chi connectivity index (χ4n) is 1.98. The standard InChI is InChI=1S/C10H14N4O2S2/c1-17-10(8-11)3-6-14(7-4-10)18(15,16)9-2-5-12-13-9/h2,5H,3-4,6-7H2,1H3,(H,12,13). The van der Waals surface area contributed by atoms with Crippen LogP contribution in [0.4, 0.5) is 0 Å². The molecule has 1 aliphatic rings. The van der Waals surface area contributed by atoms with Gasteiger partial charge in [0.2, 0.25) is 0 Å². The minimum Gasteiger partial charge on any atom is -0.266 e. The fraction of sp³-hybridized carbons (Fsp3) is 0.600. The summed E-state index contributed by atoms with van der Waals surface area (Å²) in [5.41, 5.74) is 0. The number of aromatic amines is 1. The van der Waals surface area contributed by atoms with Crippen molar-refractivity contribution >= 4 is 21.8 Å². The van der Waals surface area contributed by atoms with Gasteiger partial charge in [-0.3, -0.25) is 5.10 Å². The summed E-state index contributed by atoms with van der Waals surface area (Å²) in [6.45, 7) is 0.742. The molecule has 0 saturated carbocycles. The third-order valence-electron chi connectivity index (χ3n) is 3.22. The van der Waals surface area contributed by atoms with E-state index in [1.165, 1.54) is 28.3 Å². The smallest absolute Gasteiger partial charge is 0.259 e. The van der Waals surface area contributed by atoms with E-state index in [2.05, 4.69) is 16.3 Å². The van der Waals surface area contributed by atoms with Crippen LogP contribution >= 0.6 is 11.8 Å². The van der Waals surface area contributed by atoms with Gasteiger partial charge < -0.3 is 0 Å². The highest BCUT2D eigenvalue weighted by Gasteiger charge is 2.38. The number of nitrogens with one attached hydrogen (secondary N) is 1. The van der Waals surface area contributed by atoms with Crippen LogP contribution in [0.1, 0.15) is 12.8 Å². The zero-order valence-corrected chi connectivity index (χ0v) is 11.6. The van der Waals surface area contributed by atoms with E-state index in [4.69, 9.17) is 5.26 Å². The Morgan fingerprint density at radius 1 is 1.56 bits per heavy atom. The van der Waals surface area contributed by atoms with E-state index in [1.54, 1.807) is 0 Å². The lowest BCUT2D eigenvalue weighted by Gasteiger charge is -2.34. The molecule has 0 bridgehead atoms. The summed E-state index contributed by atoms with van der Waals surface area (Å²) in [5, 5.41) is 15.4. The molecule has 0 amide bonds. The topological polar surface area (TPSA) is 89.8 Å². The molecule has 0 spiro atoms. The number of rotatable bonds is 3. The molecule has 2 rings (SSSR count). The Labute approximate surface area is 110 Å². The molecule has 1 fully saturated rings. The quantitative estimate of drug-likeness (QED) is 0.888. The van der Waals surface area contributed by atoms with Crippen molar-refractivity contribution in [1.29, 1.82) is 5.26 Å². The van der Waals surface area contributed by atoms with Gasteiger partial charge in [-0.05, 0) is 25.2 Å². The molecular weight excluding hydrogens is 272 g/mol. The minimum absolute atomic E-state index is 0.108. The van der Waals surface area contributed by atoms with Crippen molar-refractivity contribution in [1.82, 2.24) is 14.5 Å². The van der Waals surface area contributed by atoms with Gasteiger partial charge in [-0.2, -0.15) is 14.7 Å². The fourth-order valence-corrected chi connectivity index (χ4v) is 4.00. The van der Waals surface area contributed by atoms with Gasteiger partial charge in [0.1, 0.15) is 4.75 Å². The number of nitrogens with zero attached hydrogens (tertiary/aromatic N) is 3. The van der Waals surface area contributed by atoms with Crippen molar-refractivity contribution in [3.8, 4) is 6.07 Å². The van der Waals surface area contributed by atoms with Gasteiger partial charge in [0.15, 0.2) is 5.03 Å². The number of hydrogen-bond acceptors (Lipinski definition) is 5. The zero-order chi connectivity index (χ0) is 13.2. The molecule has 0 unspecified atom stereocenters. The molecule has 18 heavy (non-hydrogen) atoms. The lowest BCUT2D eigenvalue weighted by molar-refractivity contribution is 0.326. The number of H-pyrrole nitrogens is 1. The Bertz CT molecular complexity index is 539. The van der Waals surface area contributed by atoms with Crippen LogP contribution in [0.3, 0.4) is 0 Å². The van der Waals surface area contributed by atoms with Gasteiger partial charge in [0, 0.05) is 13.1 Å². The van der Waals surface area contributed by atoms with Crippen LogP contribution < -0.4 is 0 Å². The summed E-state index contributed by atoms with van der Waals surface area (Å²) in [4.78, 5) is 0. The number of thioether (sulfide) groups is 1. The van der Waals surface area contributed by atoms with E-state index in [0.717, 1.165) is 0 Å². The normalized spacial score (nSPS) is 20.4. The number of aromatic nitrogens is 2. The van der Waals surface area contributed by atoms with E-state index >= 15 is 0 Å². The molecule has 1 aromatic rings. The molecule has 6 nitrogen and oxygen atoms in total. The minimum atomic E-state index is -3.49. The molecule has 98 valence electrons. The average Bonchev–Trinajstić information content (AvgIpc) is 2.93. The molecule has 1 aliphatic heterocycles. The Morgan fingerprint density at radius 2 is 2.22 bits per heavy atom. The van der Waals surface area contributed by atoms with E-state index in [9.17, 15) is 8.42 Å². The maximum atomic E-state index is 12.2. The van der Waals surface area contributed by atoms with Gasteiger partial charge in [0.05, 0.1) is 12.3 Å². The molecule has 8 heteroatoms. The van der Waals surface area contributed by atoms with Gasteiger partial charge >= 0.3 is 0 Å². The van der Waals surface area contributed by atoms with Crippen molar-refractivity contribution in [3.05, 3.63) is 12.3 Å². The van der Waals surface area contributed by atoms with E-state index in [-0.39, 0.29) is 5.03 Å². The van der Waals surface area contributed by atoms with Crippen molar-refractivity contribution < 1.29 is 8.42 Å². The lowest BCUT2D eigenvalue weighted by Crippen LogP contribution is -2.44. The average molecular weight is 286 g/mol. The Balaban J connectivity index is 2.14. The summed E-state index contributed by atoms with van der Waals surface area (Å²) >= 11 is 1.50. The molecule has 1 saturated heterocycles. The number of nitriles is 1. The first-order chi connectivity index (χ1) is 8.54. The molecule has 0 atom stereocenters. The van der Waals surface area contributed by atoms with Crippen LogP contribution in [0.25, 0.3) is 0 Å². The van der Waals surface area contributed by atoms with Crippen LogP contribution in [0, 0.1) is 11.3 Å². The third-order valence-corrected chi connectivity index (χ3v) is 6.33. The number of sulfonamides is 1. The summed E-state index contributed by atoms with van der Waals surface area (Å²) in [5.74, 6) is 0. The second-order valence-electron chi connectivity index (χ2n) is 4.14. The summed E-state index contributed by atoms with van der Waals surface area (Å²) in [6.07, 6.45) is 4.41. The Hall–Kier alpha value is -1.04. The molecule has 1 N–H and O–H groups in total. The molecule has 0 aliphatic carbocycles. The lowest BCUT2D eigenvalue weighted by atomic mass is 9.99. The van der Waals surface area contributed by atoms with Gasteiger partial charge in [-0.15, -0.1) is 11.8 Å². The molecule has 0 aromatic carbocycles. The van der Waals surface area contributed by atoms with Crippen molar-refractivity contribution in [2.75, 3.05) is 19.3 Å². The van der Waals surface area contributed by atoms with Crippen molar-refractivity contribution in [2.24, 2.45) is 0 Å².